The highest BCUT2D eigenvalue weighted by Gasteiger charge is 2.25. The number of imidazole rings is 1. The van der Waals surface area contributed by atoms with Crippen molar-refractivity contribution in [1.29, 1.82) is 0 Å². The van der Waals surface area contributed by atoms with E-state index in [9.17, 15) is 0 Å². The Bertz CT molecular complexity index is 961. The Balaban J connectivity index is 0.00000168. The fourth-order valence-corrected chi connectivity index (χ4v) is 4.06. The van der Waals surface area contributed by atoms with E-state index in [0.717, 1.165) is 64.6 Å². The first kappa shape index (κ1) is 17.7. The van der Waals surface area contributed by atoms with Crippen molar-refractivity contribution in [3.63, 3.8) is 0 Å². The number of fused-ring (bicyclic) bond motifs is 5. The molecule has 136 valence electrons. The molecule has 8 heteroatoms. The summed E-state index contributed by atoms with van der Waals surface area (Å²) in [7, 11) is 0. The van der Waals surface area contributed by atoms with Gasteiger partial charge in [-0.1, -0.05) is 15.9 Å². The second-order valence-electron chi connectivity index (χ2n) is 6.66. The average molecular weight is 437 g/mol. The number of benzene rings is 1. The predicted molar refractivity (Wildman–Crippen MR) is 104 cm³/mol. The van der Waals surface area contributed by atoms with E-state index in [4.69, 9.17) is 14.8 Å². The molecule has 2 aliphatic rings. The largest absolute Gasteiger partial charge is 0.378 e. The van der Waals surface area contributed by atoms with Gasteiger partial charge in [0.1, 0.15) is 0 Å². The smallest absolute Gasteiger partial charge is 0.160 e. The maximum absolute atomic E-state index is 5.75. The molecular formula is C18H19BrClN5O. The Morgan fingerprint density at radius 1 is 1.35 bits per heavy atom. The molecule has 0 saturated carbocycles. The highest BCUT2D eigenvalue weighted by molar-refractivity contribution is 9.10. The Morgan fingerprint density at radius 2 is 2.23 bits per heavy atom. The average Bonchev–Trinajstić information content (AvgIpc) is 3.30. The van der Waals surface area contributed by atoms with Crippen LogP contribution in [0.15, 0.2) is 29.0 Å². The molecule has 6 nitrogen and oxygen atoms in total. The zero-order valence-electron chi connectivity index (χ0n) is 14.4. The molecule has 1 unspecified atom stereocenters. The van der Waals surface area contributed by atoms with Crippen LogP contribution in [-0.4, -0.2) is 37.0 Å². The lowest BCUT2D eigenvalue weighted by Crippen LogP contribution is -2.11. The third-order valence-electron chi connectivity index (χ3n) is 4.98. The van der Waals surface area contributed by atoms with Gasteiger partial charge in [-0.2, -0.15) is 5.10 Å². The van der Waals surface area contributed by atoms with E-state index in [-0.39, 0.29) is 18.5 Å². The van der Waals surface area contributed by atoms with E-state index in [1.54, 1.807) is 0 Å². The van der Waals surface area contributed by atoms with Gasteiger partial charge in [-0.3, -0.25) is 0 Å². The minimum Gasteiger partial charge on any atom is -0.378 e. The van der Waals surface area contributed by atoms with Crippen molar-refractivity contribution < 1.29 is 4.74 Å². The molecule has 5 rings (SSSR count). The predicted octanol–water partition coefficient (Wildman–Crippen LogP) is 3.71. The molecule has 0 bridgehead atoms. The van der Waals surface area contributed by atoms with Crippen LogP contribution in [0.5, 0.6) is 0 Å². The quantitative estimate of drug-likeness (QED) is 0.481. The number of halogens is 2. The molecule has 0 radical (unpaired) electrons. The summed E-state index contributed by atoms with van der Waals surface area (Å²) in [5.74, 6) is 1.77. The zero-order valence-corrected chi connectivity index (χ0v) is 16.8. The fraction of sp³-hybridized carbons (Fsp3) is 0.389. The van der Waals surface area contributed by atoms with Gasteiger partial charge in [0.15, 0.2) is 11.6 Å². The fourth-order valence-electron chi connectivity index (χ4n) is 3.69. The van der Waals surface area contributed by atoms with Crippen molar-refractivity contribution in [2.75, 3.05) is 6.61 Å². The van der Waals surface area contributed by atoms with Crippen molar-refractivity contribution in [1.82, 2.24) is 24.3 Å². The molecule has 26 heavy (non-hydrogen) atoms. The zero-order chi connectivity index (χ0) is 17.0. The summed E-state index contributed by atoms with van der Waals surface area (Å²) >= 11 is 3.59. The first-order valence-corrected chi connectivity index (χ1v) is 9.37. The van der Waals surface area contributed by atoms with Crippen LogP contribution in [0.3, 0.4) is 0 Å². The van der Waals surface area contributed by atoms with E-state index in [1.165, 1.54) is 0 Å². The lowest BCUT2D eigenvalue weighted by Gasteiger charge is -2.09. The minimum atomic E-state index is 0. The second kappa shape index (κ2) is 6.79. The Morgan fingerprint density at radius 3 is 3.04 bits per heavy atom. The number of nitrogens with zero attached hydrogens (tertiary/aromatic N) is 5. The molecule has 2 aliphatic heterocycles. The van der Waals surface area contributed by atoms with E-state index in [2.05, 4.69) is 43.7 Å². The van der Waals surface area contributed by atoms with Gasteiger partial charge >= 0.3 is 0 Å². The van der Waals surface area contributed by atoms with Gasteiger partial charge in [0.25, 0.3) is 0 Å². The van der Waals surface area contributed by atoms with E-state index >= 15 is 0 Å². The van der Waals surface area contributed by atoms with Crippen molar-refractivity contribution in [2.45, 2.75) is 38.8 Å². The normalized spacial score (nSPS) is 17.8. The molecule has 3 aromatic rings. The monoisotopic (exact) mass is 435 g/mol. The number of ether oxygens (including phenoxy) is 1. The number of hydrogen-bond acceptors (Lipinski definition) is 4. The molecule has 2 aromatic heterocycles. The second-order valence-corrected chi connectivity index (χ2v) is 7.57. The standard InChI is InChI=1S/C18H18BrN5O.ClH/c1-11-16-9-24-18(21-17(22-24)8-13-3-2-6-25-13)14-7-12(19)4-5-15(14)23(16)10-20-11;/h4-5,7,10,13H,2-3,6,8-9H2,1H3;1H. The van der Waals surface area contributed by atoms with Crippen LogP contribution in [0.25, 0.3) is 17.1 Å². The number of aromatic nitrogens is 5. The molecule has 0 N–H and O–H groups in total. The molecule has 1 atom stereocenters. The molecule has 4 heterocycles. The maximum Gasteiger partial charge on any atom is 0.160 e. The van der Waals surface area contributed by atoms with Crippen molar-refractivity contribution in [2.24, 2.45) is 0 Å². The first-order chi connectivity index (χ1) is 12.2. The van der Waals surface area contributed by atoms with Crippen molar-refractivity contribution in [3.05, 3.63) is 46.2 Å². The van der Waals surface area contributed by atoms with Gasteiger partial charge in [0, 0.05) is 23.1 Å². The molecular weight excluding hydrogens is 418 g/mol. The summed E-state index contributed by atoms with van der Waals surface area (Å²) < 4.78 is 10.9. The minimum absolute atomic E-state index is 0. The molecule has 1 fully saturated rings. The Kier molecular flexibility index (Phi) is 4.62. The summed E-state index contributed by atoms with van der Waals surface area (Å²) in [6, 6.07) is 6.27. The van der Waals surface area contributed by atoms with Gasteiger partial charge in [-0.25, -0.2) is 14.6 Å². The number of aryl methyl sites for hydroxylation is 1. The third-order valence-corrected chi connectivity index (χ3v) is 5.48. The maximum atomic E-state index is 5.75. The highest BCUT2D eigenvalue weighted by atomic mass is 79.9. The molecule has 1 saturated heterocycles. The van der Waals surface area contributed by atoms with Crippen LogP contribution in [-0.2, 0) is 17.7 Å². The Labute approximate surface area is 166 Å². The summed E-state index contributed by atoms with van der Waals surface area (Å²) in [4.78, 5) is 9.36. The van der Waals surface area contributed by atoms with Crippen LogP contribution in [0.1, 0.15) is 30.1 Å². The summed E-state index contributed by atoms with van der Waals surface area (Å²) in [6.45, 7) is 3.57. The third kappa shape index (κ3) is 2.88. The molecule has 0 amide bonds. The lowest BCUT2D eigenvalue weighted by atomic mass is 10.1. The van der Waals surface area contributed by atoms with Crippen LogP contribution >= 0.6 is 28.3 Å². The first-order valence-electron chi connectivity index (χ1n) is 8.57. The van der Waals surface area contributed by atoms with Crippen LogP contribution in [0, 0.1) is 6.92 Å². The van der Waals surface area contributed by atoms with E-state index in [0.29, 0.717) is 6.54 Å². The summed E-state index contributed by atoms with van der Waals surface area (Å²) in [5, 5.41) is 4.79. The van der Waals surface area contributed by atoms with Gasteiger partial charge in [0.05, 0.1) is 36.1 Å². The summed E-state index contributed by atoms with van der Waals surface area (Å²) in [5.41, 5.74) is 4.33. The van der Waals surface area contributed by atoms with E-state index < -0.39 is 0 Å². The van der Waals surface area contributed by atoms with Gasteiger partial charge in [-0.15, -0.1) is 12.4 Å². The van der Waals surface area contributed by atoms with Crippen LogP contribution in [0.2, 0.25) is 0 Å². The Hall–Kier alpha value is -1.70. The highest BCUT2D eigenvalue weighted by Crippen LogP contribution is 2.33. The number of rotatable bonds is 2. The van der Waals surface area contributed by atoms with Gasteiger partial charge in [0.2, 0.25) is 0 Å². The SMILES string of the molecule is Cc1ncn2c1Cn1nc(CC3CCCO3)nc1-c1cc(Br)ccc1-2.Cl. The van der Waals surface area contributed by atoms with Crippen LogP contribution < -0.4 is 0 Å². The topological polar surface area (TPSA) is 57.8 Å². The lowest BCUT2D eigenvalue weighted by molar-refractivity contribution is 0.110. The van der Waals surface area contributed by atoms with Crippen molar-refractivity contribution >= 4 is 28.3 Å². The molecule has 1 aromatic carbocycles. The number of hydrogen-bond donors (Lipinski definition) is 0. The van der Waals surface area contributed by atoms with E-state index in [1.807, 2.05) is 17.9 Å². The van der Waals surface area contributed by atoms with Crippen LogP contribution in [0.4, 0.5) is 0 Å². The van der Waals surface area contributed by atoms with Crippen molar-refractivity contribution in [3.8, 4) is 17.1 Å². The molecule has 0 spiro atoms. The van der Waals surface area contributed by atoms with Gasteiger partial charge in [-0.05, 0) is 38.0 Å². The summed E-state index contributed by atoms with van der Waals surface area (Å²) in [6.07, 6.45) is 5.14. The molecule has 0 aliphatic carbocycles. The van der Waals surface area contributed by atoms with Gasteiger partial charge < -0.3 is 9.30 Å².